The van der Waals surface area contributed by atoms with Crippen LogP contribution in [0.4, 0.5) is 8.78 Å². The molecule has 24 heavy (non-hydrogen) atoms. The number of imidazole rings is 1. The van der Waals surface area contributed by atoms with Crippen LogP contribution < -0.4 is 0 Å². The molecule has 1 aromatic heterocycles. The minimum absolute atomic E-state index is 0.211. The molecule has 124 valence electrons. The average Bonchev–Trinajstić information content (AvgIpc) is 3.34. The van der Waals surface area contributed by atoms with Crippen molar-refractivity contribution in [3.05, 3.63) is 35.2 Å². The minimum atomic E-state index is -0.913. The summed E-state index contributed by atoms with van der Waals surface area (Å²) >= 11 is 0. The maximum absolute atomic E-state index is 13.7. The van der Waals surface area contributed by atoms with Crippen LogP contribution in [0.5, 0.6) is 0 Å². The molecule has 2 saturated carbocycles. The standard InChI is InChI=1S/C18H18F2N4/c19-13-7-16-17(8-14(13)20)24(10-5-6-10)18(23-16)12(9-21)11-3-1-2-4-15(11)22/h7-10,21-22H,1-6H2/b12-11+,21-9?,22-15?. The van der Waals surface area contributed by atoms with Crippen LogP contribution >= 0.6 is 0 Å². The first kappa shape index (κ1) is 15.2. The molecule has 0 spiro atoms. The fourth-order valence-electron chi connectivity index (χ4n) is 3.47. The smallest absolute Gasteiger partial charge is 0.161 e. The van der Waals surface area contributed by atoms with Crippen LogP contribution in [0.1, 0.15) is 50.4 Å². The van der Waals surface area contributed by atoms with Crippen molar-refractivity contribution in [3.8, 4) is 0 Å². The number of nitrogens with one attached hydrogen (secondary N) is 2. The Morgan fingerprint density at radius 1 is 1.17 bits per heavy atom. The molecular weight excluding hydrogens is 310 g/mol. The van der Waals surface area contributed by atoms with Gasteiger partial charge in [-0.05, 0) is 44.1 Å². The summed E-state index contributed by atoms with van der Waals surface area (Å²) < 4.78 is 29.2. The molecule has 6 heteroatoms. The highest BCUT2D eigenvalue weighted by molar-refractivity contribution is 6.19. The molecular formula is C18H18F2N4. The molecule has 0 aliphatic heterocycles. The second kappa shape index (κ2) is 5.61. The van der Waals surface area contributed by atoms with Crippen LogP contribution in [-0.2, 0) is 0 Å². The lowest BCUT2D eigenvalue weighted by Crippen LogP contribution is -2.13. The Labute approximate surface area is 138 Å². The van der Waals surface area contributed by atoms with E-state index in [9.17, 15) is 8.78 Å². The summed E-state index contributed by atoms with van der Waals surface area (Å²) in [6, 6.07) is 2.52. The van der Waals surface area contributed by atoms with E-state index in [2.05, 4.69) is 4.98 Å². The number of nitrogens with zero attached hydrogens (tertiary/aromatic N) is 2. The van der Waals surface area contributed by atoms with E-state index in [1.807, 2.05) is 4.57 Å². The Morgan fingerprint density at radius 2 is 1.88 bits per heavy atom. The summed E-state index contributed by atoms with van der Waals surface area (Å²) in [5.41, 5.74) is 2.97. The van der Waals surface area contributed by atoms with Gasteiger partial charge in [0.15, 0.2) is 11.6 Å². The van der Waals surface area contributed by atoms with Gasteiger partial charge in [0.1, 0.15) is 5.82 Å². The van der Waals surface area contributed by atoms with E-state index in [1.54, 1.807) is 0 Å². The molecule has 4 nitrogen and oxygen atoms in total. The monoisotopic (exact) mass is 328 g/mol. The zero-order valence-electron chi connectivity index (χ0n) is 13.2. The third kappa shape index (κ3) is 2.37. The normalized spacial score (nSPS) is 20.5. The van der Waals surface area contributed by atoms with E-state index in [-0.39, 0.29) is 6.04 Å². The molecule has 4 rings (SSSR count). The van der Waals surface area contributed by atoms with Crippen molar-refractivity contribution < 1.29 is 8.78 Å². The first-order chi connectivity index (χ1) is 11.6. The number of rotatable bonds is 3. The molecule has 0 amide bonds. The Hall–Kier alpha value is -2.37. The summed E-state index contributed by atoms with van der Waals surface area (Å²) in [7, 11) is 0. The molecule has 0 radical (unpaired) electrons. The van der Waals surface area contributed by atoms with Crippen molar-refractivity contribution in [3.63, 3.8) is 0 Å². The molecule has 2 N–H and O–H groups in total. The summed E-state index contributed by atoms with van der Waals surface area (Å²) in [6.07, 6.45) is 6.61. The molecule has 0 saturated heterocycles. The number of hydrogen-bond donors (Lipinski definition) is 2. The average molecular weight is 328 g/mol. The predicted molar refractivity (Wildman–Crippen MR) is 89.8 cm³/mol. The number of allylic oxidation sites excluding steroid dienone is 2. The van der Waals surface area contributed by atoms with Crippen molar-refractivity contribution in [2.24, 2.45) is 0 Å². The van der Waals surface area contributed by atoms with Crippen molar-refractivity contribution in [2.45, 2.75) is 44.6 Å². The molecule has 2 aliphatic rings. The Bertz CT molecular complexity index is 890. The van der Waals surface area contributed by atoms with E-state index >= 15 is 0 Å². The van der Waals surface area contributed by atoms with Crippen LogP contribution in [-0.4, -0.2) is 21.5 Å². The van der Waals surface area contributed by atoms with E-state index in [0.29, 0.717) is 34.6 Å². The first-order valence-corrected chi connectivity index (χ1v) is 8.29. The van der Waals surface area contributed by atoms with Gasteiger partial charge in [0.2, 0.25) is 0 Å². The van der Waals surface area contributed by atoms with Gasteiger partial charge in [-0.2, -0.15) is 0 Å². The number of halogens is 2. The zero-order chi connectivity index (χ0) is 16.8. The molecule has 0 bridgehead atoms. The second-order valence-electron chi connectivity index (χ2n) is 6.51. The number of hydrogen-bond acceptors (Lipinski definition) is 3. The van der Waals surface area contributed by atoms with Gasteiger partial charge >= 0.3 is 0 Å². The number of aromatic nitrogens is 2. The lowest BCUT2D eigenvalue weighted by atomic mass is 9.89. The van der Waals surface area contributed by atoms with E-state index in [0.717, 1.165) is 43.7 Å². The Morgan fingerprint density at radius 3 is 2.54 bits per heavy atom. The third-order valence-electron chi connectivity index (χ3n) is 4.82. The molecule has 1 heterocycles. The van der Waals surface area contributed by atoms with Crippen molar-refractivity contribution in [1.29, 1.82) is 10.8 Å². The second-order valence-corrected chi connectivity index (χ2v) is 6.51. The molecule has 0 atom stereocenters. The molecule has 2 aromatic rings. The predicted octanol–water partition coefficient (Wildman–Crippen LogP) is 4.65. The van der Waals surface area contributed by atoms with Crippen molar-refractivity contribution >= 4 is 28.5 Å². The topological polar surface area (TPSA) is 65.5 Å². The van der Waals surface area contributed by atoms with Gasteiger partial charge in [-0.25, -0.2) is 13.8 Å². The van der Waals surface area contributed by atoms with Crippen LogP contribution in [0, 0.1) is 22.5 Å². The fourth-order valence-corrected chi connectivity index (χ4v) is 3.47. The van der Waals surface area contributed by atoms with Gasteiger partial charge in [-0.3, -0.25) is 0 Å². The quantitative estimate of drug-likeness (QED) is 0.792. The molecule has 1 aromatic carbocycles. The summed E-state index contributed by atoms with van der Waals surface area (Å²) in [5.74, 6) is -1.23. The molecule has 2 fully saturated rings. The van der Waals surface area contributed by atoms with E-state index < -0.39 is 11.6 Å². The summed E-state index contributed by atoms with van der Waals surface area (Å²) in [4.78, 5) is 4.51. The Kier molecular flexibility index (Phi) is 3.55. The summed E-state index contributed by atoms with van der Waals surface area (Å²) in [5, 5.41) is 16.1. The van der Waals surface area contributed by atoms with Crippen molar-refractivity contribution in [1.82, 2.24) is 9.55 Å². The Balaban J connectivity index is 1.98. The van der Waals surface area contributed by atoms with Gasteiger partial charge < -0.3 is 15.4 Å². The van der Waals surface area contributed by atoms with Gasteiger partial charge in [-0.1, -0.05) is 0 Å². The van der Waals surface area contributed by atoms with Crippen LogP contribution in [0.15, 0.2) is 17.7 Å². The highest BCUT2D eigenvalue weighted by Gasteiger charge is 2.31. The van der Waals surface area contributed by atoms with Crippen LogP contribution in [0.3, 0.4) is 0 Å². The van der Waals surface area contributed by atoms with Crippen LogP contribution in [0.2, 0.25) is 0 Å². The number of benzene rings is 1. The van der Waals surface area contributed by atoms with Gasteiger partial charge in [-0.15, -0.1) is 0 Å². The largest absolute Gasteiger partial charge is 0.321 e. The van der Waals surface area contributed by atoms with Crippen molar-refractivity contribution in [2.75, 3.05) is 0 Å². The van der Waals surface area contributed by atoms with Crippen LogP contribution in [0.25, 0.3) is 16.6 Å². The fraction of sp³-hybridized carbons (Fsp3) is 0.389. The lowest BCUT2D eigenvalue weighted by Gasteiger charge is -2.19. The highest BCUT2D eigenvalue weighted by atomic mass is 19.2. The van der Waals surface area contributed by atoms with E-state index in [1.165, 1.54) is 12.3 Å². The van der Waals surface area contributed by atoms with Gasteiger partial charge in [0.25, 0.3) is 0 Å². The first-order valence-electron chi connectivity index (χ1n) is 8.29. The third-order valence-corrected chi connectivity index (χ3v) is 4.82. The molecule has 0 unspecified atom stereocenters. The molecule has 2 aliphatic carbocycles. The zero-order valence-corrected chi connectivity index (χ0v) is 13.2. The highest BCUT2D eigenvalue weighted by Crippen LogP contribution is 2.41. The summed E-state index contributed by atoms with van der Waals surface area (Å²) in [6.45, 7) is 0. The van der Waals surface area contributed by atoms with Gasteiger partial charge in [0, 0.05) is 35.7 Å². The lowest BCUT2D eigenvalue weighted by molar-refractivity contribution is 0.510. The minimum Gasteiger partial charge on any atom is -0.321 e. The SMILES string of the molecule is N=C/C(=C1/CCCCC1=N)c1nc2cc(F)c(F)cc2n1C1CC1. The number of fused-ring (bicyclic) bond motifs is 1. The van der Waals surface area contributed by atoms with Gasteiger partial charge in [0.05, 0.1) is 11.0 Å². The van der Waals surface area contributed by atoms with E-state index in [4.69, 9.17) is 10.8 Å². The maximum atomic E-state index is 13.7. The maximum Gasteiger partial charge on any atom is 0.161 e.